The zero-order valence-electron chi connectivity index (χ0n) is 25.0. The van der Waals surface area contributed by atoms with Crippen LogP contribution in [0.25, 0.3) is 0 Å². The summed E-state index contributed by atoms with van der Waals surface area (Å²) in [5.41, 5.74) is -0.0792. The number of fused-ring (bicyclic) bond motifs is 4. The Morgan fingerprint density at radius 2 is 1.53 bits per heavy atom. The summed E-state index contributed by atoms with van der Waals surface area (Å²) in [4.78, 5) is 60.3. The molecule has 2 aliphatic heterocycles. The molecule has 230 valence electrons. The van der Waals surface area contributed by atoms with Crippen molar-refractivity contribution in [2.24, 2.45) is 23.7 Å². The normalized spacial score (nSPS) is 29.4. The van der Waals surface area contributed by atoms with Gasteiger partial charge in [0.25, 0.3) is 0 Å². The van der Waals surface area contributed by atoms with Crippen molar-refractivity contribution in [1.29, 1.82) is 0 Å². The van der Waals surface area contributed by atoms with Crippen molar-refractivity contribution >= 4 is 52.5 Å². The highest BCUT2D eigenvalue weighted by molar-refractivity contribution is 6.32. The van der Waals surface area contributed by atoms with Gasteiger partial charge in [0.2, 0.25) is 23.6 Å². The molecule has 9 heteroatoms. The van der Waals surface area contributed by atoms with Gasteiger partial charge in [-0.1, -0.05) is 71.2 Å². The first-order valence-corrected chi connectivity index (χ1v) is 15.9. The van der Waals surface area contributed by atoms with E-state index in [9.17, 15) is 19.5 Å². The Balaban J connectivity index is 1.51. The predicted molar refractivity (Wildman–Crippen MR) is 171 cm³/mol. The van der Waals surface area contributed by atoms with Crippen LogP contribution in [0, 0.1) is 23.7 Å². The van der Waals surface area contributed by atoms with Crippen molar-refractivity contribution < 1.29 is 24.3 Å². The van der Waals surface area contributed by atoms with E-state index in [1.54, 1.807) is 36.4 Å². The average Bonchev–Trinajstić information content (AvgIpc) is 3.39. The fourth-order valence-corrected chi connectivity index (χ4v) is 8.87. The number of hydrogen-bond acceptors (Lipinski definition) is 5. The predicted octanol–water partition coefficient (Wildman–Crippen LogP) is 6.66. The summed E-state index contributed by atoms with van der Waals surface area (Å²) in [6.07, 6.45) is 2.45. The van der Waals surface area contributed by atoms with Crippen LogP contribution in [0.1, 0.15) is 50.7 Å². The number of phenolic OH excluding ortho intramolecular Hbond substituents is 1. The fraction of sp³-hybridized carbons (Fsp3) is 0.333. The van der Waals surface area contributed by atoms with Crippen LogP contribution in [0.15, 0.2) is 84.4 Å². The SMILES string of the molecule is CC(C)(C)N1C(=O)C2CC=C3C(CC4C(=O)N(c5cccc(Cl)c5)C(=O)C4(c4ccccc4)C3c3cc(Cl)ccc3O)C2C1=O. The Kier molecular flexibility index (Phi) is 6.81. The molecule has 1 saturated carbocycles. The third-order valence-electron chi connectivity index (χ3n) is 10.1. The van der Waals surface area contributed by atoms with E-state index in [1.807, 2.05) is 57.2 Å². The number of benzene rings is 3. The molecule has 0 bridgehead atoms. The van der Waals surface area contributed by atoms with E-state index in [2.05, 4.69) is 0 Å². The van der Waals surface area contributed by atoms with Gasteiger partial charge in [0.05, 0.1) is 28.9 Å². The van der Waals surface area contributed by atoms with Gasteiger partial charge in [0.1, 0.15) is 5.75 Å². The molecule has 1 N–H and O–H groups in total. The van der Waals surface area contributed by atoms with Gasteiger partial charge >= 0.3 is 0 Å². The Bertz CT molecular complexity index is 1820. The van der Waals surface area contributed by atoms with Crippen molar-refractivity contribution in [1.82, 2.24) is 4.90 Å². The number of amides is 4. The number of likely N-dealkylation sites (tertiary alicyclic amines) is 1. The van der Waals surface area contributed by atoms with Crippen LogP contribution in [0.4, 0.5) is 5.69 Å². The third-order valence-corrected chi connectivity index (χ3v) is 10.6. The van der Waals surface area contributed by atoms with Crippen molar-refractivity contribution in [3.63, 3.8) is 0 Å². The van der Waals surface area contributed by atoms with E-state index in [1.165, 1.54) is 15.9 Å². The topological polar surface area (TPSA) is 95.0 Å². The van der Waals surface area contributed by atoms with E-state index in [-0.39, 0.29) is 24.0 Å². The van der Waals surface area contributed by atoms with Gasteiger partial charge < -0.3 is 5.11 Å². The van der Waals surface area contributed by atoms with Crippen molar-refractivity contribution in [2.75, 3.05) is 4.90 Å². The van der Waals surface area contributed by atoms with Crippen molar-refractivity contribution in [3.05, 3.63) is 106 Å². The Hall–Kier alpha value is -3.94. The maximum absolute atomic E-state index is 15.2. The van der Waals surface area contributed by atoms with Gasteiger partial charge in [-0.3, -0.25) is 24.1 Å². The molecule has 2 saturated heterocycles. The monoisotopic (exact) mass is 642 g/mol. The lowest BCUT2D eigenvalue weighted by molar-refractivity contribution is -0.145. The summed E-state index contributed by atoms with van der Waals surface area (Å²) in [6.45, 7) is 5.51. The number of imide groups is 2. The summed E-state index contributed by atoms with van der Waals surface area (Å²) in [6, 6.07) is 20.5. The first-order chi connectivity index (χ1) is 21.4. The number of phenols is 1. The quantitative estimate of drug-likeness (QED) is 0.255. The van der Waals surface area contributed by atoms with Crippen LogP contribution in [-0.4, -0.2) is 39.2 Å². The molecule has 0 spiro atoms. The number of aromatic hydroxyl groups is 1. The lowest BCUT2D eigenvalue weighted by Gasteiger charge is -2.50. The lowest BCUT2D eigenvalue weighted by Crippen LogP contribution is -2.53. The molecule has 2 heterocycles. The van der Waals surface area contributed by atoms with Crippen LogP contribution >= 0.6 is 23.2 Å². The largest absolute Gasteiger partial charge is 0.508 e. The summed E-state index contributed by atoms with van der Waals surface area (Å²) < 4.78 is 0. The maximum atomic E-state index is 15.2. The summed E-state index contributed by atoms with van der Waals surface area (Å²) in [7, 11) is 0. The van der Waals surface area contributed by atoms with E-state index in [0.717, 1.165) is 5.57 Å². The second-order valence-corrected chi connectivity index (χ2v) is 14.4. The second kappa shape index (κ2) is 10.3. The minimum Gasteiger partial charge on any atom is -0.508 e. The number of rotatable bonds is 3. The van der Waals surface area contributed by atoms with Gasteiger partial charge in [-0.25, -0.2) is 4.90 Å². The third kappa shape index (κ3) is 4.16. The summed E-state index contributed by atoms with van der Waals surface area (Å²) in [5, 5.41) is 12.1. The lowest BCUT2D eigenvalue weighted by atomic mass is 9.49. The standard InChI is InChI=1S/C36H32Cl2N2O5/c1-35(2,3)40-31(42)24-14-13-23-25(29(24)33(40)44)18-27-32(43)39(22-11-7-10-20(37)16-22)34(45)36(27,19-8-5-4-6-9-19)30(23)26-17-21(38)12-15-28(26)41/h4-13,15-17,24-25,27,29-30,41H,14,18H2,1-3H3. The Morgan fingerprint density at radius 1 is 0.822 bits per heavy atom. The molecular weight excluding hydrogens is 611 g/mol. The molecule has 45 heavy (non-hydrogen) atoms. The molecule has 3 aromatic carbocycles. The van der Waals surface area contributed by atoms with Crippen LogP contribution in [-0.2, 0) is 24.6 Å². The van der Waals surface area contributed by atoms with Crippen molar-refractivity contribution in [2.45, 2.75) is 50.5 Å². The summed E-state index contributed by atoms with van der Waals surface area (Å²) >= 11 is 12.9. The van der Waals surface area contributed by atoms with Gasteiger partial charge in [0.15, 0.2) is 0 Å². The minimum atomic E-state index is -1.48. The van der Waals surface area contributed by atoms with Crippen LogP contribution in [0.5, 0.6) is 5.75 Å². The minimum absolute atomic E-state index is 0.0753. The molecule has 0 radical (unpaired) electrons. The van der Waals surface area contributed by atoms with E-state index >= 15 is 4.79 Å². The van der Waals surface area contributed by atoms with Gasteiger partial charge in [0, 0.05) is 27.1 Å². The van der Waals surface area contributed by atoms with Crippen LogP contribution in [0.3, 0.4) is 0 Å². The number of carbonyl (C=O) groups is 4. The molecule has 7 nitrogen and oxygen atoms in total. The molecule has 4 aliphatic rings. The fourth-order valence-electron chi connectivity index (χ4n) is 8.51. The summed E-state index contributed by atoms with van der Waals surface area (Å²) in [5.74, 6) is -4.97. The van der Waals surface area contributed by atoms with Gasteiger partial charge in [-0.05, 0) is 81.5 Å². The average molecular weight is 644 g/mol. The van der Waals surface area contributed by atoms with Gasteiger partial charge in [-0.2, -0.15) is 0 Å². The Morgan fingerprint density at radius 3 is 2.22 bits per heavy atom. The highest BCUT2D eigenvalue weighted by atomic mass is 35.5. The van der Waals surface area contributed by atoms with Gasteiger partial charge in [-0.15, -0.1) is 0 Å². The molecule has 3 fully saturated rings. The second-order valence-electron chi connectivity index (χ2n) is 13.5. The Labute approximate surface area is 271 Å². The highest BCUT2D eigenvalue weighted by Crippen LogP contribution is 2.65. The maximum Gasteiger partial charge on any atom is 0.246 e. The highest BCUT2D eigenvalue weighted by Gasteiger charge is 2.70. The molecule has 6 atom stereocenters. The molecule has 6 unspecified atom stereocenters. The number of hydrogen-bond donors (Lipinski definition) is 1. The van der Waals surface area contributed by atoms with E-state index in [0.29, 0.717) is 33.3 Å². The number of allylic oxidation sites excluding steroid dienone is 2. The van der Waals surface area contributed by atoms with Crippen LogP contribution < -0.4 is 4.90 Å². The first kappa shape index (κ1) is 29.8. The first-order valence-electron chi connectivity index (χ1n) is 15.1. The molecular formula is C36H32Cl2N2O5. The molecule has 3 aromatic rings. The number of carbonyl (C=O) groups excluding carboxylic acids is 4. The number of nitrogens with zero attached hydrogens (tertiary/aromatic N) is 2. The molecule has 7 rings (SSSR count). The molecule has 0 aromatic heterocycles. The zero-order chi connectivity index (χ0) is 32.0. The number of anilines is 1. The smallest absolute Gasteiger partial charge is 0.246 e. The van der Waals surface area contributed by atoms with E-state index in [4.69, 9.17) is 23.2 Å². The van der Waals surface area contributed by atoms with E-state index < -0.39 is 52.4 Å². The molecule has 2 aliphatic carbocycles. The number of halogens is 2. The zero-order valence-corrected chi connectivity index (χ0v) is 26.5. The van der Waals surface area contributed by atoms with Crippen LogP contribution in [0.2, 0.25) is 10.0 Å². The molecule has 4 amide bonds. The van der Waals surface area contributed by atoms with Crippen molar-refractivity contribution in [3.8, 4) is 5.75 Å².